The predicted octanol–water partition coefficient (Wildman–Crippen LogP) is 1.56. The molecule has 0 aromatic heterocycles. The summed E-state index contributed by atoms with van der Waals surface area (Å²) in [4.78, 5) is 70.6. The number of nitrogens with zero attached hydrogens (tertiary/aromatic N) is 1. The van der Waals surface area contributed by atoms with Crippen LogP contribution >= 0.6 is 0 Å². The van der Waals surface area contributed by atoms with Crippen molar-refractivity contribution in [1.82, 2.24) is 26.2 Å². The Bertz CT molecular complexity index is 1490. The lowest BCUT2D eigenvalue weighted by Gasteiger charge is -2.29. The second-order valence-corrected chi connectivity index (χ2v) is 15.0. The molecule has 290 valence electrons. The van der Waals surface area contributed by atoms with Gasteiger partial charge in [-0.1, -0.05) is 88.4 Å². The summed E-state index contributed by atoms with van der Waals surface area (Å²) in [6.45, 7) is 9.71. The van der Waals surface area contributed by atoms with E-state index in [9.17, 15) is 29.1 Å². The molecule has 0 aliphatic carbocycles. The standard InChI is InChI=1S/C40H57N5O8/c1-27(2)21-32(36(48)40(25-46)26-53-40)42-39(51)34(23-30-13-9-6-10-14-30)44-38(50)33(22-28(3)4)43-37(49)31(16-15-29-11-7-5-8-12-29)41-35(47)24-45-17-19-52-20-18-45/h5-14,27-28,31-34,46H,15-26H2,1-4H3,(H,41,47)(H,42,51)(H,43,49)(H,44,50)/t31-,32-,33-,34-,40+/m0/s1. The van der Waals surface area contributed by atoms with Crippen molar-refractivity contribution in [3.05, 3.63) is 71.8 Å². The van der Waals surface area contributed by atoms with Gasteiger partial charge in [-0.2, -0.15) is 0 Å². The summed E-state index contributed by atoms with van der Waals surface area (Å²) in [5.74, 6) is -2.30. The second-order valence-electron chi connectivity index (χ2n) is 15.0. The fourth-order valence-electron chi connectivity index (χ4n) is 6.42. The largest absolute Gasteiger partial charge is 0.393 e. The van der Waals surface area contributed by atoms with Crippen LogP contribution in [0.25, 0.3) is 0 Å². The number of amides is 4. The van der Waals surface area contributed by atoms with E-state index in [0.29, 0.717) is 45.6 Å². The average Bonchev–Trinajstić information content (AvgIpc) is 3.94. The van der Waals surface area contributed by atoms with Gasteiger partial charge in [0.05, 0.1) is 39.0 Å². The van der Waals surface area contributed by atoms with E-state index in [0.717, 1.165) is 11.1 Å². The van der Waals surface area contributed by atoms with E-state index in [1.165, 1.54) is 0 Å². The van der Waals surface area contributed by atoms with Gasteiger partial charge in [-0.3, -0.25) is 28.9 Å². The summed E-state index contributed by atoms with van der Waals surface area (Å²) >= 11 is 0. The molecule has 13 nitrogen and oxygen atoms in total. The molecule has 2 aliphatic rings. The number of hydrogen-bond acceptors (Lipinski definition) is 9. The lowest BCUT2D eigenvalue weighted by molar-refractivity contribution is -0.135. The molecular formula is C40H57N5O8. The van der Waals surface area contributed by atoms with Crippen LogP contribution in [0.4, 0.5) is 0 Å². The van der Waals surface area contributed by atoms with Crippen molar-refractivity contribution >= 4 is 29.4 Å². The van der Waals surface area contributed by atoms with Gasteiger partial charge in [0.2, 0.25) is 23.6 Å². The number of benzene rings is 2. The van der Waals surface area contributed by atoms with Crippen LogP contribution in [0.2, 0.25) is 0 Å². The minimum absolute atomic E-state index is 0.00705. The highest BCUT2D eigenvalue weighted by Gasteiger charge is 2.54. The number of epoxide rings is 1. The maximum atomic E-state index is 14.1. The lowest BCUT2D eigenvalue weighted by Crippen LogP contribution is -2.59. The number of ketones is 1. The Morgan fingerprint density at radius 2 is 1.23 bits per heavy atom. The third kappa shape index (κ3) is 13.3. The van der Waals surface area contributed by atoms with Gasteiger partial charge in [-0.05, 0) is 48.6 Å². The number of morpholine rings is 1. The lowest BCUT2D eigenvalue weighted by atomic mass is 9.92. The first-order valence-corrected chi connectivity index (χ1v) is 18.8. The molecule has 4 rings (SSSR count). The van der Waals surface area contributed by atoms with E-state index in [-0.39, 0.29) is 43.7 Å². The van der Waals surface area contributed by atoms with E-state index in [1.54, 1.807) is 0 Å². The number of carbonyl (C=O) groups is 5. The monoisotopic (exact) mass is 735 g/mol. The van der Waals surface area contributed by atoms with E-state index >= 15 is 0 Å². The highest BCUT2D eigenvalue weighted by molar-refractivity contribution is 5.99. The molecule has 2 saturated heterocycles. The number of aliphatic hydroxyl groups is 1. The second kappa shape index (κ2) is 20.3. The van der Waals surface area contributed by atoms with Crippen LogP contribution in [0.3, 0.4) is 0 Å². The number of nitrogens with one attached hydrogen (secondary N) is 4. The van der Waals surface area contributed by atoms with Crippen molar-refractivity contribution in [3.8, 4) is 0 Å². The zero-order valence-corrected chi connectivity index (χ0v) is 31.5. The molecule has 0 spiro atoms. The van der Waals surface area contributed by atoms with Gasteiger partial charge in [0.25, 0.3) is 0 Å². The topological polar surface area (TPSA) is 179 Å². The number of ether oxygens (including phenoxy) is 2. The van der Waals surface area contributed by atoms with Gasteiger partial charge >= 0.3 is 0 Å². The molecule has 5 N–H and O–H groups in total. The van der Waals surface area contributed by atoms with Crippen molar-refractivity contribution in [1.29, 1.82) is 0 Å². The first-order chi connectivity index (χ1) is 25.4. The van der Waals surface area contributed by atoms with E-state index in [1.807, 2.05) is 93.3 Å². The zero-order chi connectivity index (χ0) is 38.4. The normalized spacial score (nSPS) is 19.5. The fraction of sp³-hybridized carbons (Fsp3) is 0.575. The smallest absolute Gasteiger partial charge is 0.243 e. The highest BCUT2D eigenvalue weighted by atomic mass is 16.6. The van der Waals surface area contributed by atoms with Gasteiger partial charge < -0.3 is 35.8 Å². The quantitative estimate of drug-likeness (QED) is 0.119. The number of aliphatic hydroxyl groups excluding tert-OH is 1. The number of hydrogen-bond donors (Lipinski definition) is 5. The summed E-state index contributed by atoms with van der Waals surface area (Å²) in [5.41, 5.74) is 0.462. The summed E-state index contributed by atoms with van der Waals surface area (Å²) in [7, 11) is 0. The molecule has 53 heavy (non-hydrogen) atoms. The number of carbonyl (C=O) groups excluding carboxylic acids is 5. The van der Waals surface area contributed by atoms with Gasteiger partial charge in [0.1, 0.15) is 18.1 Å². The van der Waals surface area contributed by atoms with Crippen LogP contribution in [-0.4, -0.2) is 115 Å². The molecule has 2 aliphatic heterocycles. The Kier molecular flexibility index (Phi) is 16.0. The summed E-state index contributed by atoms with van der Waals surface area (Å²) < 4.78 is 10.7. The molecule has 2 aromatic rings. The maximum absolute atomic E-state index is 14.1. The highest BCUT2D eigenvalue weighted by Crippen LogP contribution is 2.30. The number of Topliss-reactive ketones (excluding diaryl/α,β-unsaturated/α-hetero) is 1. The maximum Gasteiger partial charge on any atom is 0.243 e. The molecule has 2 aromatic carbocycles. The number of aryl methyl sites for hydroxylation is 1. The van der Waals surface area contributed by atoms with Crippen molar-refractivity contribution in [2.75, 3.05) is 46.1 Å². The Morgan fingerprint density at radius 1 is 0.717 bits per heavy atom. The third-order valence-corrected chi connectivity index (χ3v) is 9.48. The van der Waals surface area contributed by atoms with Crippen LogP contribution in [0.1, 0.15) is 58.1 Å². The number of rotatable bonds is 21. The summed E-state index contributed by atoms with van der Waals surface area (Å²) in [6, 6.07) is 14.9. The van der Waals surface area contributed by atoms with Crippen LogP contribution < -0.4 is 21.3 Å². The van der Waals surface area contributed by atoms with Gasteiger partial charge in [0, 0.05) is 19.5 Å². The Morgan fingerprint density at radius 3 is 1.79 bits per heavy atom. The van der Waals surface area contributed by atoms with E-state index < -0.39 is 59.9 Å². The molecule has 4 amide bonds. The fourth-order valence-corrected chi connectivity index (χ4v) is 6.42. The Hall–Kier alpha value is -4.17. The van der Waals surface area contributed by atoms with Crippen molar-refractivity contribution in [2.24, 2.45) is 11.8 Å². The van der Waals surface area contributed by atoms with Crippen LogP contribution in [0.5, 0.6) is 0 Å². The zero-order valence-electron chi connectivity index (χ0n) is 31.5. The average molecular weight is 736 g/mol. The van der Waals surface area contributed by atoms with E-state index in [2.05, 4.69) is 21.3 Å². The molecule has 2 fully saturated rings. The first kappa shape index (κ1) is 41.6. The molecule has 13 heteroatoms. The van der Waals surface area contributed by atoms with Crippen molar-refractivity contribution < 1.29 is 38.6 Å². The molecule has 2 heterocycles. The van der Waals surface area contributed by atoms with Crippen molar-refractivity contribution in [3.63, 3.8) is 0 Å². The van der Waals surface area contributed by atoms with Crippen molar-refractivity contribution in [2.45, 2.75) is 89.6 Å². The van der Waals surface area contributed by atoms with Crippen LogP contribution in [0, 0.1) is 11.8 Å². The molecule has 0 radical (unpaired) electrons. The predicted molar refractivity (Wildman–Crippen MR) is 200 cm³/mol. The third-order valence-electron chi connectivity index (χ3n) is 9.48. The molecular weight excluding hydrogens is 678 g/mol. The minimum Gasteiger partial charge on any atom is -0.393 e. The molecule has 0 saturated carbocycles. The summed E-state index contributed by atoms with van der Waals surface area (Å²) in [5, 5.41) is 21.4. The first-order valence-electron chi connectivity index (χ1n) is 18.8. The van der Waals surface area contributed by atoms with Crippen LogP contribution in [-0.2, 0) is 46.3 Å². The molecule has 0 unspecified atom stereocenters. The van der Waals surface area contributed by atoms with Gasteiger partial charge in [-0.15, -0.1) is 0 Å². The molecule has 0 bridgehead atoms. The van der Waals surface area contributed by atoms with E-state index in [4.69, 9.17) is 9.47 Å². The Balaban J connectivity index is 1.52. The minimum atomic E-state index is -1.33. The van der Waals surface area contributed by atoms with Gasteiger partial charge in [0.15, 0.2) is 11.4 Å². The SMILES string of the molecule is CC(C)C[C@H](NC(=O)[C@H](CCc1ccccc1)NC(=O)CN1CCOCC1)C(=O)N[C@@H](Cc1ccccc1)C(=O)N[C@@H](CC(C)C)C(=O)[C@@]1(CO)CO1. The summed E-state index contributed by atoms with van der Waals surface area (Å²) in [6.07, 6.45) is 1.55. The van der Waals surface area contributed by atoms with Crippen LogP contribution in [0.15, 0.2) is 60.7 Å². The Labute approximate surface area is 312 Å². The van der Waals surface area contributed by atoms with Gasteiger partial charge in [-0.25, -0.2) is 0 Å². The molecule has 5 atom stereocenters.